The van der Waals surface area contributed by atoms with Gasteiger partial charge in [-0.1, -0.05) is 27.2 Å². The minimum absolute atomic E-state index is 0.148. The third kappa shape index (κ3) is 5.86. The molecule has 0 amide bonds. The fourth-order valence-corrected chi connectivity index (χ4v) is 6.02. The molecule has 1 aliphatic heterocycles. The molecule has 3 atom stereocenters. The lowest BCUT2D eigenvalue weighted by Crippen LogP contribution is -2.36. The molecular formula is C23H33NO6S. The fourth-order valence-electron chi connectivity index (χ4n) is 4.50. The lowest BCUT2D eigenvalue weighted by molar-refractivity contribution is -0.159. The van der Waals surface area contributed by atoms with Crippen LogP contribution in [0.5, 0.6) is 0 Å². The minimum atomic E-state index is -3.53. The molecule has 1 aromatic rings. The van der Waals surface area contributed by atoms with Crippen LogP contribution >= 0.6 is 0 Å². The first-order valence-electron chi connectivity index (χ1n) is 11.1. The van der Waals surface area contributed by atoms with Crippen LogP contribution in [-0.2, 0) is 24.3 Å². The summed E-state index contributed by atoms with van der Waals surface area (Å²) in [4.78, 5) is 24.7. The van der Waals surface area contributed by atoms with Crippen LogP contribution in [0.3, 0.4) is 0 Å². The van der Waals surface area contributed by atoms with Crippen molar-refractivity contribution in [3.63, 3.8) is 0 Å². The van der Waals surface area contributed by atoms with Crippen molar-refractivity contribution >= 4 is 22.0 Å². The first kappa shape index (κ1) is 23.7. The smallest absolute Gasteiger partial charge is 0.344 e. The van der Waals surface area contributed by atoms with E-state index in [-0.39, 0.29) is 16.6 Å². The molecule has 1 saturated carbocycles. The van der Waals surface area contributed by atoms with Crippen LogP contribution in [0.25, 0.3) is 0 Å². The highest BCUT2D eigenvalue weighted by Gasteiger charge is 2.33. The monoisotopic (exact) mass is 451 g/mol. The van der Waals surface area contributed by atoms with Crippen molar-refractivity contribution in [2.45, 2.75) is 63.9 Å². The maximum Gasteiger partial charge on any atom is 0.344 e. The molecule has 0 spiro atoms. The Morgan fingerprint density at radius 1 is 1.10 bits per heavy atom. The van der Waals surface area contributed by atoms with Crippen LogP contribution in [0.2, 0.25) is 0 Å². The number of nitrogens with zero attached hydrogens (tertiary/aromatic N) is 1. The topological polar surface area (TPSA) is 90.0 Å². The predicted molar refractivity (Wildman–Crippen MR) is 116 cm³/mol. The molecule has 0 bridgehead atoms. The number of hydrogen-bond acceptors (Lipinski definition) is 6. The van der Waals surface area contributed by atoms with E-state index in [1.54, 1.807) is 0 Å². The van der Waals surface area contributed by atoms with E-state index in [0.29, 0.717) is 30.8 Å². The second-order valence-electron chi connectivity index (χ2n) is 9.07. The van der Waals surface area contributed by atoms with Crippen molar-refractivity contribution in [2.24, 2.45) is 17.8 Å². The van der Waals surface area contributed by atoms with Gasteiger partial charge in [0.1, 0.15) is 6.10 Å². The molecule has 2 aliphatic rings. The van der Waals surface area contributed by atoms with E-state index >= 15 is 0 Å². The van der Waals surface area contributed by atoms with Gasteiger partial charge >= 0.3 is 11.9 Å². The third-order valence-corrected chi connectivity index (χ3v) is 8.27. The lowest BCUT2D eigenvalue weighted by atomic mass is 9.75. The van der Waals surface area contributed by atoms with Crippen molar-refractivity contribution < 1.29 is 27.5 Å². The Hall–Kier alpha value is -1.93. The normalized spacial score (nSPS) is 24.8. The van der Waals surface area contributed by atoms with Gasteiger partial charge in [0.15, 0.2) is 6.61 Å². The Bertz CT molecular complexity index is 874. The van der Waals surface area contributed by atoms with E-state index in [1.165, 1.54) is 28.6 Å². The molecule has 1 saturated heterocycles. The van der Waals surface area contributed by atoms with E-state index in [1.807, 2.05) is 0 Å². The van der Waals surface area contributed by atoms with Crippen LogP contribution < -0.4 is 0 Å². The first-order chi connectivity index (χ1) is 14.7. The summed E-state index contributed by atoms with van der Waals surface area (Å²) >= 11 is 0. The number of carbonyl (C=O) groups is 2. The molecule has 2 fully saturated rings. The number of esters is 2. The molecular weight excluding hydrogens is 418 g/mol. The molecule has 172 valence electrons. The highest BCUT2D eigenvalue weighted by atomic mass is 32.2. The average molecular weight is 452 g/mol. The van der Waals surface area contributed by atoms with Crippen molar-refractivity contribution in [2.75, 3.05) is 19.7 Å². The van der Waals surface area contributed by atoms with Gasteiger partial charge in [-0.25, -0.2) is 18.0 Å². The van der Waals surface area contributed by atoms with Crippen LogP contribution in [-0.4, -0.2) is 50.5 Å². The van der Waals surface area contributed by atoms with Crippen LogP contribution in [0.4, 0.5) is 0 Å². The second kappa shape index (κ2) is 10.1. The zero-order valence-corrected chi connectivity index (χ0v) is 19.4. The number of ether oxygens (including phenoxy) is 2. The number of rotatable bonds is 7. The predicted octanol–water partition coefficient (Wildman–Crippen LogP) is 3.63. The summed E-state index contributed by atoms with van der Waals surface area (Å²) in [5, 5.41) is 0. The Morgan fingerprint density at radius 2 is 1.74 bits per heavy atom. The highest BCUT2D eigenvalue weighted by molar-refractivity contribution is 7.89. The first-order valence-corrected chi connectivity index (χ1v) is 12.6. The summed E-state index contributed by atoms with van der Waals surface area (Å²) in [5.41, 5.74) is 0.194. The van der Waals surface area contributed by atoms with Crippen LogP contribution in [0.15, 0.2) is 29.2 Å². The molecule has 1 aliphatic carbocycles. The maximum atomic E-state index is 12.6. The quantitative estimate of drug-likeness (QED) is 0.588. The average Bonchev–Trinajstić information content (AvgIpc) is 3.28. The number of sulfonamides is 1. The van der Waals surface area contributed by atoms with Gasteiger partial charge in [0, 0.05) is 13.1 Å². The molecule has 0 aromatic heterocycles. The summed E-state index contributed by atoms with van der Waals surface area (Å²) in [5.74, 6) is 0.0145. The van der Waals surface area contributed by atoms with Crippen molar-refractivity contribution in [3.8, 4) is 0 Å². The Morgan fingerprint density at radius 3 is 2.35 bits per heavy atom. The van der Waals surface area contributed by atoms with Crippen molar-refractivity contribution in [1.82, 2.24) is 4.31 Å². The summed E-state index contributed by atoms with van der Waals surface area (Å²) in [7, 11) is -3.53. The SMILES string of the molecule is CC(C)[C@H]1CC[C@@H](C)C[C@H]1OC(=O)COC(=O)c1ccc(S(=O)(=O)N2CCCC2)cc1. The Balaban J connectivity index is 1.53. The van der Waals surface area contributed by atoms with Gasteiger partial charge < -0.3 is 9.47 Å². The van der Waals surface area contributed by atoms with Crippen LogP contribution in [0, 0.1) is 17.8 Å². The molecule has 1 aromatic carbocycles. The largest absolute Gasteiger partial charge is 0.460 e. The van der Waals surface area contributed by atoms with Gasteiger partial charge in [0.25, 0.3) is 0 Å². The maximum absolute atomic E-state index is 12.6. The summed E-state index contributed by atoms with van der Waals surface area (Å²) in [6.45, 7) is 7.01. The summed E-state index contributed by atoms with van der Waals surface area (Å²) in [6, 6.07) is 5.63. The Labute approximate surface area is 185 Å². The van der Waals surface area contributed by atoms with Crippen molar-refractivity contribution in [1.29, 1.82) is 0 Å². The van der Waals surface area contributed by atoms with Crippen molar-refractivity contribution in [3.05, 3.63) is 29.8 Å². The number of benzene rings is 1. The van der Waals surface area contributed by atoms with E-state index < -0.39 is 28.6 Å². The summed E-state index contributed by atoms with van der Waals surface area (Å²) < 4.78 is 37.3. The van der Waals surface area contributed by atoms with Gasteiger partial charge in [-0.3, -0.25) is 0 Å². The molecule has 31 heavy (non-hydrogen) atoms. The fraction of sp³-hybridized carbons (Fsp3) is 0.652. The van der Waals surface area contributed by atoms with E-state index in [2.05, 4.69) is 20.8 Å². The molecule has 1 heterocycles. The molecule has 3 rings (SSSR count). The zero-order valence-electron chi connectivity index (χ0n) is 18.6. The molecule has 0 radical (unpaired) electrons. The minimum Gasteiger partial charge on any atom is -0.460 e. The van der Waals surface area contributed by atoms with E-state index in [9.17, 15) is 18.0 Å². The van der Waals surface area contributed by atoms with Crippen LogP contribution in [0.1, 0.15) is 63.2 Å². The van der Waals surface area contributed by atoms with Gasteiger partial charge in [0.05, 0.1) is 10.5 Å². The molecule has 0 unspecified atom stereocenters. The van der Waals surface area contributed by atoms with Gasteiger partial charge in [-0.15, -0.1) is 0 Å². The van der Waals surface area contributed by atoms with Gasteiger partial charge in [-0.05, 0) is 67.7 Å². The molecule has 8 heteroatoms. The summed E-state index contributed by atoms with van der Waals surface area (Å²) in [6.07, 6.45) is 4.56. The van der Waals surface area contributed by atoms with E-state index in [0.717, 1.165) is 32.1 Å². The lowest BCUT2D eigenvalue weighted by Gasteiger charge is -2.36. The Kier molecular flexibility index (Phi) is 7.75. The standard InChI is InChI=1S/C23H33NO6S/c1-16(2)20-11-6-17(3)14-21(20)30-22(25)15-29-23(26)18-7-9-19(10-8-18)31(27,28)24-12-4-5-13-24/h7-10,16-17,20-21H,4-6,11-15H2,1-3H3/t17-,20-,21-/m1/s1. The molecule has 0 N–H and O–H groups in total. The second-order valence-corrected chi connectivity index (χ2v) is 11.0. The number of carbonyl (C=O) groups excluding carboxylic acids is 2. The number of hydrogen-bond donors (Lipinski definition) is 0. The van der Waals surface area contributed by atoms with Gasteiger partial charge in [-0.2, -0.15) is 4.31 Å². The van der Waals surface area contributed by atoms with Gasteiger partial charge in [0.2, 0.25) is 10.0 Å². The third-order valence-electron chi connectivity index (χ3n) is 6.36. The highest BCUT2D eigenvalue weighted by Crippen LogP contribution is 2.35. The molecule has 7 nitrogen and oxygen atoms in total. The zero-order chi connectivity index (χ0) is 22.6. The van der Waals surface area contributed by atoms with E-state index in [4.69, 9.17) is 9.47 Å².